The second kappa shape index (κ2) is 10.4. The molecule has 1 heterocycles. The van der Waals surface area contributed by atoms with Gasteiger partial charge in [-0.1, -0.05) is 48.5 Å². The average molecular weight is 377 g/mol. The van der Waals surface area contributed by atoms with Crippen LogP contribution in [0.15, 0.2) is 66.9 Å². The molecule has 0 bridgehead atoms. The van der Waals surface area contributed by atoms with Gasteiger partial charge in [-0.3, -0.25) is 4.79 Å². The second-order valence-corrected chi connectivity index (χ2v) is 6.55. The summed E-state index contributed by atoms with van der Waals surface area (Å²) in [5, 5.41) is 7.76. The standard InChI is InChI=1S/C23H27N3O2/c1-2-28-17-9-16-24-22(27)15-14-20-18-26(21-12-7-4-8-13-21)25-23(20)19-10-5-3-6-11-19/h3-8,10-13,18H,2,9,14-17H2,1H3,(H,24,27). The second-order valence-electron chi connectivity index (χ2n) is 6.55. The minimum Gasteiger partial charge on any atom is -0.382 e. The van der Waals surface area contributed by atoms with E-state index in [4.69, 9.17) is 9.84 Å². The van der Waals surface area contributed by atoms with E-state index in [-0.39, 0.29) is 5.91 Å². The highest BCUT2D eigenvalue weighted by atomic mass is 16.5. The highest BCUT2D eigenvalue weighted by Gasteiger charge is 2.13. The number of nitrogens with one attached hydrogen (secondary N) is 1. The highest BCUT2D eigenvalue weighted by Crippen LogP contribution is 2.24. The van der Waals surface area contributed by atoms with E-state index in [2.05, 4.69) is 17.4 Å². The largest absolute Gasteiger partial charge is 0.382 e. The number of hydrogen-bond donors (Lipinski definition) is 1. The maximum atomic E-state index is 12.2. The fraction of sp³-hybridized carbons (Fsp3) is 0.304. The molecule has 3 rings (SSSR count). The number of aryl methyl sites for hydroxylation is 1. The first-order chi connectivity index (χ1) is 13.8. The molecule has 5 nitrogen and oxygen atoms in total. The number of carbonyl (C=O) groups excluding carboxylic acids is 1. The smallest absolute Gasteiger partial charge is 0.220 e. The van der Waals surface area contributed by atoms with Crippen LogP contribution in [0.3, 0.4) is 0 Å². The molecule has 0 aliphatic carbocycles. The first kappa shape index (κ1) is 19.8. The number of benzene rings is 2. The van der Waals surface area contributed by atoms with E-state index in [9.17, 15) is 4.79 Å². The number of aromatic nitrogens is 2. The van der Waals surface area contributed by atoms with E-state index in [1.807, 2.05) is 66.3 Å². The van der Waals surface area contributed by atoms with Crippen LogP contribution >= 0.6 is 0 Å². The summed E-state index contributed by atoms with van der Waals surface area (Å²) in [5.74, 6) is 0.0583. The Morgan fingerprint density at radius 3 is 2.50 bits per heavy atom. The predicted octanol–water partition coefficient (Wildman–Crippen LogP) is 4.01. The van der Waals surface area contributed by atoms with Gasteiger partial charge in [0.2, 0.25) is 5.91 Å². The van der Waals surface area contributed by atoms with E-state index in [1.54, 1.807) is 0 Å². The zero-order valence-corrected chi connectivity index (χ0v) is 16.3. The minimum atomic E-state index is 0.0583. The number of hydrogen-bond acceptors (Lipinski definition) is 3. The van der Waals surface area contributed by atoms with Gasteiger partial charge < -0.3 is 10.1 Å². The molecule has 0 spiro atoms. The molecule has 1 N–H and O–H groups in total. The van der Waals surface area contributed by atoms with Gasteiger partial charge in [-0.05, 0) is 37.5 Å². The number of carbonyl (C=O) groups is 1. The van der Waals surface area contributed by atoms with Gasteiger partial charge in [0.15, 0.2) is 0 Å². The van der Waals surface area contributed by atoms with Crippen molar-refractivity contribution in [1.29, 1.82) is 0 Å². The van der Waals surface area contributed by atoms with Gasteiger partial charge in [0, 0.05) is 37.9 Å². The van der Waals surface area contributed by atoms with Crippen LogP contribution in [0.25, 0.3) is 16.9 Å². The Labute approximate surface area is 166 Å². The Morgan fingerprint density at radius 2 is 1.79 bits per heavy atom. The summed E-state index contributed by atoms with van der Waals surface area (Å²) in [6.45, 7) is 4.01. The van der Waals surface area contributed by atoms with Crippen molar-refractivity contribution < 1.29 is 9.53 Å². The molecule has 0 aliphatic rings. The Balaban J connectivity index is 1.69. The lowest BCUT2D eigenvalue weighted by atomic mass is 10.0. The summed E-state index contributed by atoms with van der Waals surface area (Å²) in [5.41, 5.74) is 4.06. The molecule has 0 saturated heterocycles. The molecule has 28 heavy (non-hydrogen) atoms. The molecule has 0 unspecified atom stereocenters. The molecular weight excluding hydrogens is 350 g/mol. The van der Waals surface area contributed by atoms with E-state index >= 15 is 0 Å². The maximum absolute atomic E-state index is 12.2. The zero-order chi connectivity index (χ0) is 19.6. The summed E-state index contributed by atoms with van der Waals surface area (Å²) in [6.07, 6.45) is 3.95. The van der Waals surface area contributed by atoms with Crippen molar-refractivity contribution in [1.82, 2.24) is 15.1 Å². The molecule has 0 aliphatic heterocycles. The van der Waals surface area contributed by atoms with E-state index in [0.717, 1.165) is 28.9 Å². The van der Waals surface area contributed by atoms with Crippen LogP contribution in [0.4, 0.5) is 0 Å². The van der Waals surface area contributed by atoms with Crippen molar-refractivity contribution in [2.45, 2.75) is 26.2 Å². The summed E-state index contributed by atoms with van der Waals surface area (Å²) in [6, 6.07) is 20.1. The monoisotopic (exact) mass is 377 g/mol. The first-order valence-electron chi connectivity index (χ1n) is 9.81. The molecule has 1 amide bonds. The van der Waals surface area contributed by atoms with Crippen LogP contribution < -0.4 is 5.32 Å². The van der Waals surface area contributed by atoms with Crippen LogP contribution in [-0.2, 0) is 16.0 Å². The quantitative estimate of drug-likeness (QED) is 0.543. The zero-order valence-electron chi connectivity index (χ0n) is 16.3. The van der Waals surface area contributed by atoms with Crippen LogP contribution in [0, 0.1) is 0 Å². The lowest BCUT2D eigenvalue weighted by Crippen LogP contribution is -2.25. The van der Waals surface area contributed by atoms with E-state index in [1.165, 1.54) is 0 Å². The Morgan fingerprint density at radius 1 is 1.07 bits per heavy atom. The fourth-order valence-electron chi connectivity index (χ4n) is 3.03. The predicted molar refractivity (Wildman–Crippen MR) is 111 cm³/mol. The van der Waals surface area contributed by atoms with Gasteiger partial charge in [-0.15, -0.1) is 0 Å². The maximum Gasteiger partial charge on any atom is 0.220 e. The minimum absolute atomic E-state index is 0.0583. The molecule has 3 aromatic rings. The highest BCUT2D eigenvalue weighted by molar-refractivity contribution is 5.76. The molecular formula is C23H27N3O2. The molecule has 0 fully saturated rings. The number of rotatable bonds is 10. The van der Waals surface area contributed by atoms with Gasteiger partial charge in [0.25, 0.3) is 0 Å². The van der Waals surface area contributed by atoms with Crippen LogP contribution in [0.5, 0.6) is 0 Å². The number of para-hydroxylation sites is 1. The van der Waals surface area contributed by atoms with Crippen molar-refractivity contribution in [2.24, 2.45) is 0 Å². The molecule has 2 aromatic carbocycles. The van der Waals surface area contributed by atoms with Gasteiger partial charge in [0.05, 0.1) is 11.4 Å². The fourth-order valence-corrected chi connectivity index (χ4v) is 3.03. The van der Waals surface area contributed by atoms with Gasteiger partial charge in [-0.25, -0.2) is 4.68 Å². The first-order valence-corrected chi connectivity index (χ1v) is 9.81. The third-order valence-electron chi connectivity index (χ3n) is 4.47. The Hall–Kier alpha value is -2.92. The van der Waals surface area contributed by atoms with Gasteiger partial charge >= 0.3 is 0 Å². The SMILES string of the molecule is CCOCCCNC(=O)CCc1cn(-c2ccccc2)nc1-c1ccccc1. The summed E-state index contributed by atoms with van der Waals surface area (Å²) in [4.78, 5) is 12.2. The Kier molecular flexibility index (Phi) is 7.38. The average Bonchev–Trinajstić information content (AvgIpc) is 3.18. The van der Waals surface area contributed by atoms with Gasteiger partial charge in [0.1, 0.15) is 0 Å². The summed E-state index contributed by atoms with van der Waals surface area (Å²) in [7, 11) is 0. The van der Waals surface area contributed by atoms with Gasteiger partial charge in [-0.2, -0.15) is 5.10 Å². The normalized spacial score (nSPS) is 10.8. The number of nitrogens with zero attached hydrogens (tertiary/aromatic N) is 2. The van der Waals surface area contributed by atoms with Crippen molar-refractivity contribution in [2.75, 3.05) is 19.8 Å². The van der Waals surface area contributed by atoms with Crippen LogP contribution in [0.2, 0.25) is 0 Å². The molecule has 0 radical (unpaired) electrons. The third-order valence-corrected chi connectivity index (χ3v) is 4.47. The summed E-state index contributed by atoms with van der Waals surface area (Å²) < 4.78 is 7.18. The van der Waals surface area contributed by atoms with Crippen LogP contribution in [-0.4, -0.2) is 35.4 Å². The molecule has 146 valence electrons. The molecule has 0 atom stereocenters. The van der Waals surface area contributed by atoms with Crippen molar-refractivity contribution in [3.63, 3.8) is 0 Å². The van der Waals surface area contributed by atoms with Crippen molar-refractivity contribution in [3.8, 4) is 16.9 Å². The third kappa shape index (κ3) is 5.54. The van der Waals surface area contributed by atoms with E-state index in [0.29, 0.717) is 32.6 Å². The van der Waals surface area contributed by atoms with Crippen LogP contribution in [0.1, 0.15) is 25.3 Å². The molecule has 5 heteroatoms. The lowest BCUT2D eigenvalue weighted by molar-refractivity contribution is -0.121. The van der Waals surface area contributed by atoms with Crippen molar-refractivity contribution in [3.05, 3.63) is 72.4 Å². The summed E-state index contributed by atoms with van der Waals surface area (Å²) >= 11 is 0. The van der Waals surface area contributed by atoms with E-state index < -0.39 is 0 Å². The topological polar surface area (TPSA) is 56.1 Å². The lowest BCUT2D eigenvalue weighted by Gasteiger charge is -2.06. The Bertz CT molecular complexity index is 860. The molecule has 1 aromatic heterocycles. The van der Waals surface area contributed by atoms with Crippen molar-refractivity contribution >= 4 is 5.91 Å². The number of ether oxygens (including phenoxy) is 1. The number of amides is 1. The molecule has 0 saturated carbocycles.